The molecule has 2 aliphatic rings. The minimum absolute atomic E-state index is 0.107. The van der Waals surface area contributed by atoms with Gasteiger partial charge in [0.25, 0.3) is 5.56 Å². The molecule has 166 valence electrons. The summed E-state index contributed by atoms with van der Waals surface area (Å²) in [7, 11) is 3.56. The number of piperidine rings is 1. The van der Waals surface area contributed by atoms with E-state index in [0.29, 0.717) is 55.7 Å². The molecule has 4 aromatic rings. The predicted molar refractivity (Wildman–Crippen MR) is 128 cm³/mol. The van der Waals surface area contributed by atoms with Crippen LogP contribution >= 0.6 is 23.2 Å². The molecule has 2 fully saturated rings. The molecule has 8 nitrogen and oxygen atoms in total. The number of aryl methyl sites for hydroxylation is 1. The summed E-state index contributed by atoms with van der Waals surface area (Å²) >= 11 is 13.2. The molecule has 6 rings (SSSR count). The Hall–Kier alpha value is -2.55. The van der Waals surface area contributed by atoms with E-state index in [1.165, 1.54) is 0 Å². The van der Waals surface area contributed by atoms with Crippen LogP contribution < -0.4 is 16.2 Å². The number of anilines is 1. The van der Waals surface area contributed by atoms with Crippen LogP contribution in [-0.2, 0) is 14.1 Å². The van der Waals surface area contributed by atoms with Crippen LogP contribution in [0.5, 0.6) is 0 Å². The summed E-state index contributed by atoms with van der Waals surface area (Å²) in [5.74, 6) is 0.701. The summed E-state index contributed by atoms with van der Waals surface area (Å²) < 4.78 is 3.24. The Morgan fingerprint density at radius 1 is 1.09 bits per heavy atom. The fourth-order valence-electron chi connectivity index (χ4n) is 5.56. The largest absolute Gasteiger partial charge is 0.345 e. The second-order valence-electron chi connectivity index (χ2n) is 8.96. The van der Waals surface area contributed by atoms with Gasteiger partial charge < -0.3 is 15.6 Å². The zero-order valence-corrected chi connectivity index (χ0v) is 19.3. The van der Waals surface area contributed by atoms with E-state index >= 15 is 0 Å². The molecule has 2 saturated heterocycles. The Kier molecular flexibility index (Phi) is 4.38. The number of hydrogen-bond donors (Lipinski definition) is 2. The number of halogens is 2. The lowest BCUT2D eigenvalue weighted by Gasteiger charge is -2.38. The molecule has 0 aliphatic carbocycles. The third-order valence-electron chi connectivity index (χ3n) is 7.05. The van der Waals surface area contributed by atoms with Crippen LogP contribution in [0.3, 0.4) is 0 Å². The fourth-order valence-corrected chi connectivity index (χ4v) is 6.19. The lowest BCUT2D eigenvalue weighted by atomic mass is 9.98. The van der Waals surface area contributed by atoms with Crippen LogP contribution in [0.1, 0.15) is 25.7 Å². The molecule has 0 radical (unpaired) electrons. The van der Waals surface area contributed by atoms with Crippen molar-refractivity contribution in [2.75, 3.05) is 4.90 Å². The molecule has 0 saturated carbocycles. The highest BCUT2D eigenvalue weighted by Crippen LogP contribution is 2.41. The first-order chi connectivity index (χ1) is 15.3. The number of rotatable bonds is 2. The SMILES string of the molecule is Cn1nc2ccc(-c3c[nH]c4nc(N5C6CCC5CC(N)C6)n(C)c(=O)c34)c(Cl)c2c1Cl. The monoisotopic (exact) mass is 471 g/mol. The van der Waals surface area contributed by atoms with E-state index in [9.17, 15) is 4.79 Å². The van der Waals surface area contributed by atoms with Crippen molar-refractivity contribution in [2.24, 2.45) is 19.8 Å². The molecular formula is C22H23Cl2N7O. The lowest BCUT2D eigenvalue weighted by molar-refractivity contribution is 0.405. The number of aromatic amines is 1. The average molecular weight is 472 g/mol. The van der Waals surface area contributed by atoms with Gasteiger partial charge in [0.2, 0.25) is 5.95 Å². The van der Waals surface area contributed by atoms with Crippen LogP contribution in [0.2, 0.25) is 10.2 Å². The minimum Gasteiger partial charge on any atom is -0.345 e. The van der Waals surface area contributed by atoms with Gasteiger partial charge in [0, 0.05) is 49.5 Å². The van der Waals surface area contributed by atoms with E-state index in [0.717, 1.165) is 31.2 Å². The Balaban J connectivity index is 1.53. The molecule has 0 spiro atoms. The van der Waals surface area contributed by atoms with Gasteiger partial charge >= 0.3 is 0 Å². The molecule has 1 aromatic carbocycles. The molecule has 2 aliphatic heterocycles. The quantitative estimate of drug-likeness (QED) is 0.465. The molecular weight excluding hydrogens is 449 g/mol. The second kappa shape index (κ2) is 6.97. The normalized spacial score (nSPS) is 23.0. The maximum atomic E-state index is 13.6. The standard InChI is InChI=1S/C22H23Cl2N7O/c1-29-21(32)16-14(13-5-6-15-17(18(13)23)19(24)30(2)28-15)9-26-20(16)27-22(29)31-11-3-4-12(31)8-10(25)7-11/h5-6,9-12,26H,3-4,7-8,25H2,1-2H3. The van der Waals surface area contributed by atoms with E-state index in [1.807, 2.05) is 12.1 Å². The van der Waals surface area contributed by atoms with Crippen LogP contribution in [-0.4, -0.2) is 42.4 Å². The molecule has 3 N–H and O–H groups in total. The van der Waals surface area contributed by atoms with Crippen molar-refractivity contribution in [1.29, 1.82) is 0 Å². The van der Waals surface area contributed by atoms with Crippen molar-refractivity contribution in [1.82, 2.24) is 24.3 Å². The molecule has 2 bridgehead atoms. The van der Waals surface area contributed by atoms with E-state index in [4.69, 9.17) is 33.9 Å². The van der Waals surface area contributed by atoms with Gasteiger partial charge in [0.1, 0.15) is 10.8 Å². The zero-order valence-electron chi connectivity index (χ0n) is 17.8. The number of nitrogens with zero attached hydrogens (tertiary/aromatic N) is 5. The summed E-state index contributed by atoms with van der Waals surface area (Å²) in [6, 6.07) is 4.62. The summed E-state index contributed by atoms with van der Waals surface area (Å²) in [6.07, 6.45) is 5.83. The van der Waals surface area contributed by atoms with Crippen molar-refractivity contribution in [3.05, 3.63) is 38.9 Å². The first-order valence-electron chi connectivity index (χ1n) is 10.8. The van der Waals surface area contributed by atoms with Crippen molar-refractivity contribution in [2.45, 2.75) is 43.8 Å². The van der Waals surface area contributed by atoms with Crippen LogP contribution in [0, 0.1) is 0 Å². The van der Waals surface area contributed by atoms with E-state index < -0.39 is 0 Å². The highest BCUT2D eigenvalue weighted by Gasteiger charge is 2.41. The number of fused-ring (bicyclic) bond motifs is 4. The molecule has 2 unspecified atom stereocenters. The van der Waals surface area contributed by atoms with E-state index in [1.54, 1.807) is 29.5 Å². The van der Waals surface area contributed by atoms with E-state index in [-0.39, 0.29) is 11.6 Å². The summed E-state index contributed by atoms with van der Waals surface area (Å²) in [5, 5.41) is 6.49. The summed E-state index contributed by atoms with van der Waals surface area (Å²) in [6.45, 7) is 0. The van der Waals surface area contributed by atoms with Crippen LogP contribution in [0.4, 0.5) is 5.95 Å². The highest BCUT2D eigenvalue weighted by atomic mass is 35.5. The van der Waals surface area contributed by atoms with Crippen LogP contribution in [0.25, 0.3) is 33.1 Å². The predicted octanol–water partition coefficient (Wildman–Crippen LogP) is 3.58. The number of aromatic nitrogens is 5. The maximum absolute atomic E-state index is 13.6. The Morgan fingerprint density at radius 3 is 2.53 bits per heavy atom. The fraction of sp³-hybridized carbons (Fsp3) is 0.409. The molecule has 32 heavy (non-hydrogen) atoms. The summed E-state index contributed by atoms with van der Waals surface area (Å²) in [5.41, 5.74) is 8.82. The van der Waals surface area contributed by atoms with Crippen molar-refractivity contribution in [3.8, 4) is 11.1 Å². The van der Waals surface area contributed by atoms with Gasteiger partial charge in [-0.15, -0.1) is 0 Å². The molecule has 2 atom stereocenters. The number of nitrogens with two attached hydrogens (primary N) is 1. The van der Waals surface area contributed by atoms with Gasteiger partial charge in [-0.25, -0.2) is 0 Å². The lowest BCUT2D eigenvalue weighted by Crippen LogP contribution is -2.49. The maximum Gasteiger partial charge on any atom is 0.264 e. The Bertz CT molecular complexity index is 1440. The minimum atomic E-state index is -0.107. The first-order valence-corrected chi connectivity index (χ1v) is 11.5. The van der Waals surface area contributed by atoms with Crippen molar-refractivity contribution in [3.63, 3.8) is 0 Å². The smallest absolute Gasteiger partial charge is 0.264 e. The van der Waals surface area contributed by atoms with Crippen molar-refractivity contribution < 1.29 is 0 Å². The third kappa shape index (κ3) is 2.69. The zero-order chi connectivity index (χ0) is 22.3. The van der Waals surface area contributed by atoms with E-state index in [2.05, 4.69) is 15.0 Å². The second-order valence-corrected chi connectivity index (χ2v) is 9.70. The van der Waals surface area contributed by atoms with Gasteiger partial charge in [-0.05, 0) is 31.7 Å². The molecule has 0 amide bonds. The number of hydrogen-bond acceptors (Lipinski definition) is 5. The average Bonchev–Trinajstić information content (AvgIpc) is 3.38. The van der Waals surface area contributed by atoms with Crippen molar-refractivity contribution >= 4 is 51.1 Å². The number of nitrogens with one attached hydrogen (secondary N) is 1. The molecule has 10 heteroatoms. The van der Waals surface area contributed by atoms with Gasteiger partial charge in [0.05, 0.1) is 21.3 Å². The number of H-pyrrole nitrogens is 1. The Morgan fingerprint density at radius 2 is 1.81 bits per heavy atom. The molecule has 3 aromatic heterocycles. The van der Waals surface area contributed by atoms with Crippen LogP contribution in [0.15, 0.2) is 23.1 Å². The first kappa shape index (κ1) is 20.1. The van der Waals surface area contributed by atoms with Gasteiger partial charge in [-0.3, -0.25) is 14.0 Å². The number of benzene rings is 1. The van der Waals surface area contributed by atoms with Gasteiger partial charge in [-0.2, -0.15) is 10.1 Å². The third-order valence-corrected chi connectivity index (χ3v) is 7.87. The summed E-state index contributed by atoms with van der Waals surface area (Å²) in [4.78, 5) is 24.0. The topological polar surface area (TPSA) is 97.8 Å². The Labute approximate surface area is 193 Å². The molecule has 5 heterocycles. The van der Waals surface area contributed by atoms with Gasteiger partial charge in [0.15, 0.2) is 0 Å². The highest BCUT2D eigenvalue weighted by molar-refractivity contribution is 6.43. The van der Waals surface area contributed by atoms with Gasteiger partial charge in [-0.1, -0.05) is 29.3 Å².